The third kappa shape index (κ3) is 6.76. The molecule has 2 unspecified atom stereocenters. The summed E-state index contributed by atoms with van der Waals surface area (Å²) in [6.45, 7) is 4.29. The molecule has 0 aromatic rings. The highest BCUT2D eigenvalue weighted by atomic mass is 32.2. The van der Waals surface area contributed by atoms with E-state index in [-0.39, 0.29) is 24.9 Å². The largest absolute Gasteiger partial charge is 0.353 e. The third-order valence-corrected chi connectivity index (χ3v) is 3.08. The van der Waals surface area contributed by atoms with Gasteiger partial charge in [-0.2, -0.15) is 0 Å². The van der Waals surface area contributed by atoms with Crippen LogP contribution >= 0.6 is 0 Å². The molecule has 1 amide bonds. The Balaban J connectivity index is 3.82. The maximum Gasteiger partial charge on any atom is 0.237 e. The van der Waals surface area contributed by atoms with Crippen molar-refractivity contribution >= 4 is 15.9 Å². The first-order valence-corrected chi connectivity index (χ1v) is 7.15. The molecular weight excluding hydrogens is 230 g/mol. The minimum Gasteiger partial charge on any atom is -0.353 e. The molecule has 0 rings (SSSR count). The van der Waals surface area contributed by atoms with Crippen LogP contribution in [0.25, 0.3) is 0 Å². The summed E-state index contributed by atoms with van der Waals surface area (Å²) in [6, 6.07) is -0.539. The van der Waals surface area contributed by atoms with E-state index in [9.17, 15) is 13.2 Å². The van der Waals surface area contributed by atoms with Gasteiger partial charge in [-0.05, 0) is 5.92 Å². The molecule has 0 heterocycles. The number of carbonyl (C=O) groups excluding carboxylic acids is 1. The first-order valence-electron chi connectivity index (χ1n) is 5.25. The van der Waals surface area contributed by atoms with E-state index in [2.05, 4.69) is 10.0 Å². The van der Waals surface area contributed by atoms with E-state index >= 15 is 0 Å². The van der Waals surface area contributed by atoms with Gasteiger partial charge in [-0.3, -0.25) is 4.79 Å². The fourth-order valence-corrected chi connectivity index (χ4v) is 1.53. The average Bonchev–Trinajstić information content (AvgIpc) is 2.20. The van der Waals surface area contributed by atoms with Crippen LogP contribution in [0.15, 0.2) is 0 Å². The van der Waals surface area contributed by atoms with E-state index in [1.165, 1.54) is 0 Å². The van der Waals surface area contributed by atoms with E-state index < -0.39 is 16.1 Å². The summed E-state index contributed by atoms with van der Waals surface area (Å²) in [6.07, 6.45) is 1.90. The number of hydrogen-bond donors (Lipinski definition) is 3. The normalized spacial score (nSPS) is 15.5. The lowest BCUT2D eigenvalue weighted by molar-refractivity contribution is -0.123. The molecule has 96 valence electrons. The van der Waals surface area contributed by atoms with Crippen LogP contribution in [0.5, 0.6) is 0 Å². The summed E-state index contributed by atoms with van der Waals surface area (Å²) in [4.78, 5) is 11.5. The van der Waals surface area contributed by atoms with E-state index in [1.54, 1.807) is 0 Å². The highest BCUT2D eigenvalue weighted by molar-refractivity contribution is 7.88. The summed E-state index contributed by atoms with van der Waals surface area (Å²) < 4.78 is 23.7. The number of nitrogens with one attached hydrogen (secondary N) is 2. The second kappa shape index (κ2) is 6.82. The van der Waals surface area contributed by atoms with Crippen molar-refractivity contribution in [1.82, 2.24) is 10.0 Å². The average molecular weight is 251 g/mol. The van der Waals surface area contributed by atoms with Gasteiger partial charge >= 0.3 is 0 Å². The Morgan fingerprint density at radius 3 is 2.38 bits per heavy atom. The predicted octanol–water partition coefficient (Wildman–Crippen LogP) is -0.975. The fraction of sp³-hybridized carbons (Fsp3) is 0.889. The SMILES string of the molecule is CCC(C)C(N)C(=O)NCCNS(C)(=O)=O. The van der Waals surface area contributed by atoms with Crippen LogP contribution in [-0.2, 0) is 14.8 Å². The highest BCUT2D eigenvalue weighted by Gasteiger charge is 2.18. The smallest absolute Gasteiger partial charge is 0.237 e. The Kier molecular flexibility index (Phi) is 6.54. The van der Waals surface area contributed by atoms with Crippen molar-refractivity contribution in [3.8, 4) is 0 Å². The molecule has 0 fully saturated rings. The van der Waals surface area contributed by atoms with Crippen molar-refractivity contribution in [2.24, 2.45) is 11.7 Å². The zero-order valence-electron chi connectivity index (χ0n) is 9.99. The zero-order chi connectivity index (χ0) is 12.8. The van der Waals surface area contributed by atoms with Crippen LogP contribution in [0.3, 0.4) is 0 Å². The van der Waals surface area contributed by atoms with Crippen molar-refractivity contribution < 1.29 is 13.2 Å². The Hall–Kier alpha value is -0.660. The van der Waals surface area contributed by atoms with Gasteiger partial charge in [0.25, 0.3) is 0 Å². The van der Waals surface area contributed by atoms with Crippen molar-refractivity contribution in [2.75, 3.05) is 19.3 Å². The van der Waals surface area contributed by atoms with Gasteiger partial charge in [0.2, 0.25) is 15.9 Å². The molecule has 0 saturated carbocycles. The summed E-state index contributed by atoms with van der Waals surface area (Å²) in [7, 11) is -3.20. The number of amides is 1. The van der Waals surface area contributed by atoms with Crippen LogP contribution in [0.1, 0.15) is 20.3 Å². The Morgan fingerprint density at radius 1 is 1.38 bits per heavy atom. The zero-order valence-corrected chi connectivity index (χ0v) is 10.8. The number of carbonyl (C=O) groups is 1. The van der Waals surface area contributed by atoms with Gasteiger partial charge in [0.05, 0.1) is 12.3 Å². The van der Waals surface area contributed by atoms with Crippen LogP contribution in [0, 0.1) is 5.92 Å². The van der Waals surface area contributed by atoms with Crippen molar-refractivity contribution in [3.63, 3.8) is 0 Å². The summed E-state index contributed by atoms with van der Waals surface area (Å²) in [5.41, 5.74) is 5.69. The van der Waals surface area contributed by atoms with Gasteiger partial charge in [0.15, 0.2) is 0 Å². The number of rotatable bonds is 7. The second-order valence-corrected chi connectivity index (χ2v) is 5.70. The van der Waals surface area contributed by atoms with Gasteiger partial charge in [-0.1, -0.05) is 20.3 Å². The minimum absolute atomic E-state index is 0.114. The fourth-order valence-electron chi connectivity index (χ4n) is 1.05. The first-order chi connectivity index (χ1) is 7.28. The molecular formula is C9H21N3O3S. The van der Waals surface area contributed by atoms with E-state index in [0.717, 1.165) is 12.7 Å². The van der Waals surface area contributed by atoms with Gasteiger partial charge < -0.3 is 11.1 Å². The number of sulfonamides is 1. The molecule has 4 N–H and O–H groups in total. The second-order valence-electron chi connectivity index (χ2n) is 3.87. The molecule has 0 aromatic carbocycles. The van der Waals surface area contributed by atoms with Crippen molar-refractivity contribution in [3.05, 3.63) is 0 Å². The summed E-state index contributed by atoms with van der Waals surface area (Å²) in [5, 5.41) is 2.58. The maximum atomic E-state index is 11.5. The maximum absolute atomic E-state index is 11.5. The monoisotopic (exact) mass is 251 g/mol. The van der Waals surface area contributed by atoms with Crippen molar-refractivity contribution in [2.45, 2.75) is 26.3 Å². The van der Waals surface area contributed by atoms with Gasteiger partial charge in [-0.25, -0.2) is 13.1 Å². The topological polar surface area (TPSA) is 101 Å². The Morgan fingerprint density at radius 2 is 1.94 bits per heavy atom. The van der Waals surface area contributed by atoms with E-state index in [4.69, 9.17) is 5.73 Å². The molecule has 0 aliphatic carbocycles. The lowest BCUT2D eigenvalue weighted by Gasteiger charge is -2.17. The van der Waals surface area contributed by atoms with Crippen LogP contribution < -0.4 is 15.8 Å². The molecule has 16 heavy (non-hydrogen) atoms. The van der Waals surface area contributed by atoms with Gasteiger partial charge in [-0.15, -0.1) is 0 Å². The molecule has 6 nitrogen and oxygen atoms in total. The van der Waals surface area contributed by atoms with Crippen LogP contribution in [0.4, 0.5) is 0 Å². The molecule has 0 radical (unpaired) electrons. The molecule has 7 heteroatoms. The standard InChI is InChI=1S/C9H21N3O3S/c1-4-7(2)8(10)9(13)11-5-6-12-16(3,14)15/h7-8,12H,4-6,10H2,1-3H3,(H,11,13). The van der Waals surface area contributed by atoms with Crippen LogP contribution in [-0.4, -0.2) is 39.7 Å². The molecule has 0 bridgehead atoms. The minimum atomic E-state index is -3.20. The molecule has 0 saturated heterocycles. The van der Waals surface area contributed by atoms with E-state index in [0.29, 0.717) is 0 Å². The molecule has 0 aromatic heterocycles. The third-order valence-electron chi connectivity index (χ3n) is 2.35. The lowest BCUT2D eigenvalue weighted by atomic mass is 9.99. The Labute approximate surface area is 97.0 Å². The number of hydrogen-bond acceptors (Lipinski definition) is 4. The highest BCUT2D eigenvalue weighted by Crippen LogP contribution is 2.04. The predicted molar refractivity (Wildman–Crippen MR) is 63.3 cm³/mol. The van der Waals surface area contributed by atoms with Gasteiger partial charge in [0.1, 0.15) is 0 Å². The van der Waals surface area contributed by atoms with E-state index in [1.807, 2.05) is 13.8 Å². The quantitative estimate of drug-likeness (QED) is 0.506. The molecule has 0 aliphatic heterocycles. The number of nitrogens with two attached hydrogens (primary N) is 1. The Bertz CT molecular complexity index is 316. The van der Waals surface area contributed by atoms with Gasteiger partial charge in [0, 0.05) is 13.1 Å². The summed E-state index contributed by atoms with van der Waals surface area (Å²) in [5.74, 6) is -0.132. The lowest BCUT2D eigenvalue weighted by Crippen LogP contribution is -2.46. The summed E-state index contributed by atoms with van der Waals surface area (Å²) >= 11 is 0. The first kappa shape index (κ1) is 15.3. The van der Waals surface area contributed by atoms with Crippen molar-refractivity contribution in [1.29, 1.82) is 0 Å². The van der Waals surface area contributed by atoms with Crippen LogP contribution in [0.2, 0.25) is 0 Å². The molecule has 0 aliphatic rings. The molecule has 2 atom stereocenters. The molecule has 0 spiro atoms.